The van der Waals surface area contributed by atoms with Crippen LogP contribution in [0.15, 0.2) is 29.2 Å². The van der Waals surface area contributed by atoms with Gasteiger partial charge in [0.25, 0.3) is 5.56 Å². The van der Waals surface area contributed by atoms with E-state index >= 15 is 0 Å². The molecule has 1 aliphatic rings. The third kappa shape index (κ3) is 3.93. The number of aromatic nitrogens is 2. The third-order valence-corrected chi connectivity index (χ3v) is 5.03. The van der Waals surface area contributed by atoms with Gasteiger partial charge in [0.15, 0.2) is 0 Å². The Morgan fingerprint density at radius 2 is 2.26 bits per heavy atom. The summed E-state index contributed by atoms with van der Waals surface area (Å²) >= 11 is 5.94. The van der Waals surface area contributed by atoms with E-state index in [4.69, 9.17) is 11.6 Å². The van der Waals surface area contributed by atoms with E-state index in [0.717, 1.165) is 11.6 Å². The lowest BCUT2D eigenvalue weighted by Crippen LogP contribution is -2.32. The molecule has 4 nitrogen and oxygen atoms in total. The van der Waals surface area contributed by atoms with E-state index in [9.17, 15) is 4.79 Å². The Balaban J connectivity index is 1.69. The molecule has 0 aliphatic heterocycles. The number of rotatable bonds is 6. The second kappa shape index (κ2) is 7.45. The van der Waals surface area contributed by atoms with Crippen molar-refractivity contribution in [3.63, 3.8) is 0 Å². The van der Waals surface area contributed by atoms with Gasteiger partial charge in [0, 0.05) is 24.8 Å². The van der Waals surface area contributed by atoms with E-state index in [0.29, 0.717) is 23.3 Å². The first-order valence-electron chi connectivity index (χ1n) is 8.58. The Morgan fingerprint density at radius 3 is 3.09 bits per heavy atom. The van der Waals surface area contributed by atoms with Crippen molar-refractivity contribution in [3.8, 4) is 0 Å². The normalized spacial score (nSPS) is 21.1. The van der Waals surface area contributed by atoms with E-state index in [1.807, 2.05) is 0 Å². The fourth-order valence-electron chi connectivity index (χ4n) is 3.57. The molecule has 23 heavy (non-hydrogen) atoms. The molecular formula is C18H24ClN3O. The number of fused-ring (bicyclic) bond motifs is 1. The molecule has 0 radical (unpaired) electrons. The summed E-state index contributed by atoms with van der Waals surface area (Å²) in [6.07, 6.45) is 9.34. The molecule has 0 aromatic carbocycles. The lowest BCUT2D eigenvalue weighted by Gasteiger charge is -2.20. The average molecular weight is 334 g/mol. The molecule has 2 aromatic rings. The van der Waals surface area contributed by atoms with Crippen LogP contribution in [-0.4, -0.2) is 15.4 Å². The zero-order chi connectivity index (χ0) is 16.2. The standard InChI is InChI=1S/C18H24ClN3O/c1-2-3-5-13-6-4-7-16(13)20-11-15-10-18(23)22-12-14(19)8-9-17(22)21-15/h8-10,12-13,16,20H,2-7,11H2,1H3/t13-,16-/m1/s1. The van der Waals surface area contributed by atoms with Gasteiger partial charge in [0.05, 0.1) is 10.7 Å². The van der Waals surface area contributed by atoms with Crippen LogP contribution in [0.2, 0.25) is 5.02 Å². The molecule has 2 heterocycles. The largest absolute Gasteiger partial charge is 0.308 e. The maximum Gasteiger partial charge on any atom is 0.258 e. The van der Waals surface area contributed by atoms with Crippen LogP contribution in [0.4, 0.5) is 0 Å². The minimum absolute atomic E-state index is 0.0803. The van der Waals surface area contributed by atoms with Crippen molar-refractivity contribution in [1.29, 1.82) is 0 Å². The van der Waals surface area contributed by atoms with Gasteiger partial charge in [-0.1, -0.05) is 37.8 Å². The van der Waals surface area contributed by atoms with Crippen molar-refractivity contribution in [3.05, 3.63) is 45.5 Å². The van der Waals surface area contributed by atoms with Crippen molar-refractivity contribution in [2.24, 2.45) is 5.92 Å². The lowest BCUT2D eigenvalue weighted by atomic mass is 9.97. The zero-order valence-electron chi connectivity index (χ0n) is 13.6. The number of nitrogens with zero attached hydrogens (tertiary/aromatic N) is 2. The van der Waals surface area contributed by atoms with Gasteiger partial charge >= 0.3 is 0 Å². The van der Waals surface area contributed by atoms with E-state index in [1.165, 1.54) is 42.9 Å². The number of unbranched alkanes of at least 4 members (excludes halogenated alkanes) is 1. The molecule has 0 amide bonds. The average Bonchev–Trinajstić information content (AvgIpc) is 2.99. The molecular weight excluding hydrogens is 310 g/mol. The van der Waals surface area contributed by atoms with Crippen LogP contribution in [0.3, 0.4) is 0 Å². The zero-order valence-corrected chi connectivity index (χ0v) is 14.4. The molecule has 0 bridgehead atoms. The predicted molar refractivity (Wildman–Crippen MR) is 94.0 cm³/mol. The molecule has 124 valence electrons. The highest BCUT2D eigenvalue weighted by atomic mass is 35.5. The highest BCUT2D eigenvalue weighted by Crippen LogP contribution is 2.30. The summed E-state index contributed by atoms with van der Waals surface area (Å²) in [4.78, 5) is 16.8. The van der Waals surface area contributed by atoms with Gasteiger partial charge in [-0.15, -0.1) is 0 Å². The second-order valence-corrected chi connectivity index (χ2v) is 6.92. The van der Waals surface area contributed by atoms with Crippen molar-refractivity contribution < 1.29 is 0 Å². The van der Waals surface area contributed by atoms with Gasteiger partial charge in [-0.25, -0.2) is 4.98 Å². The summed E-state index contributed by atoms with van der Waals surface area (Å²) in [6.45, 7) is 2.90. The lowest BCUT2D eigenvalue weighted by molar-refractivity contribution is 0.367. The first kappa shape index (κ1) is 16.5. The molecule has 0 spiro atoms. The maximum atomic E-state index is 12.2. The Morgan fingerprint density at radius 1 is 1.39 bits per heavy atom. The van der Waals surface area contributed by atoms with Gasteiger partial charge in [0.2, 0.25) is 0 Å². The monoisotopic (exact) mass is 333 g/mol. The summed E-state index contributed by atoms with van der Waals surface area (Å²) in [7, 11) is 0. The number of hydrogen-bond donors (Lipinski definition) is 1. The fourth-order valence-corrected chi connectivity index (χ4v) is 3.73. The van der Waals surface area contributed by atoms with Crippen LogP contribution < -0.4 is 10.9 Å². The molecule has 0 saturated heterocycles. The summed E-state index contributed by atoms with van der Waals surface area (Å²) < 4.78 is 1.49. The summed E-state index contributed by atoms with van der Waals surface area (Å²) in [5, 5.41) is 4.16. The second-order valence-electron chi connectivity index (χ2n) is 6.48. The smallest absolute Gasteiger partial charge is 0.258 e. The molecule has 0 unspecified atom stereocenters. The first-order valence-corrected chi connectivity index (χ1v) is 8.96. The van der Waals surface area contributed by atoms with Gasteiger partial charge < -0.3 is 5.32 Å². The van der Waals surface area contributed by atoms with Crippen LogP contribution in [0, 0.1) is 5.92 Å². The molecule has 3 rings (SSSR count). The van der Waals surface area contributed by atoms with Crippen LogP contribution in [0.25, 0.3) is 5.65 Å². The summed E-state index contributed by atoms with van der Waals surface area (Å²) in [5.74, 6) is 0.773. The predicted octanol–water partition coefficient (Wildman–Crippen LogP) is 3.80. The van der Waals surface area contributed by atoms with Crippen molar-refractivity contribution in [2.75, 3.05) is 0 Å². The van der Waals surface area contributed by atoms with Crippen molar-refractivity contribution >= 4 is 17.2 Å². The Kier molecular flexibility index (Phi) is 5.34. The molecule has 1 saturated carbocycles. The van der Waals surface area contributed by atoms with E-state index < -0.39 is 0 Å². The van der Waals surface area contributed by atoms with E-state index in [-0.39, 0.29) is 5.56 Å². The minimum atomic E-state index is -0.0803. The number of pyridine rings is 1. The van der Waals surface area contributed by atoms with Gasteiger partial charge in [-0.3, -0.25) is 9.20 Å². The molecule has 2 atom stereocenters. The summed E-state index contributed by atoms with van der Waals surface area (Å²) in [5.41, 5.74) is 1.37. The first-order chi connectivity index (χ1) is 11.2. The quantitative estimate of drug-likeness (QED) is 0.874. The molecule has 5 heteroatoms. The Labute approximate surface area is 141 Å². The van der Waals surface area contributed by atoms with Gasteiger partial charge in [-0.05, 0) is 37.3 Å². The molecule has 1 N–H and O–H groups in total. The number of halogens is 1. The Bertz CT molecular complexity index is 728. The topological polar surface area (TPSA) is 46.4 Å². The SMILES string of the molecule is CCCC[C@@H]1CCC[C@H]1NCc1cc(=O)n2cc(Cl)ccc2n1. The number of nitrogens with one attached hydrogen (secondary N) is 1. The van der Waals surface area contributed by atoms with E-state index in [2.05, 4.69) is 17.2 Å². The number of hydrogen-bond acceptors (Lipinski definition) is 3. The molecule has 2 aromatic heterocycles. The molecule has 1 fully saturated rings. The Hall–Kier alpha value is -1.39. The highest BCUT2D eigenvalue weighted by molar-refractivity contribution is 6.30. The van der Waals surface area contributed by atoms with Gasteiger partial charge in [-0.2, -0.15) is 0 Å². The van der Waals surface area contributed by atoms with Crippen LogP contribution >= 0.6 is 11.6 Å². The van der Waals surface area contributed by atoms with Crippen LogP contribution in [0.5, 0.6) is 0 Å². The summed E-state index contributed by atoms with van der Waals surface area (Å²) in [6, 6.07) is 5.71. The minimum Gasteiger partial charge on any atom is -0.308 e. The highest BCUT2D eigenvalue weighted by Gasteiger charge is 2.26. The third-order valence-electron chi connectivity index (χ3n) is 4.81. The van der Waals surface area contributed by atoms with Crippen molar-refractivity contribution in [1.82, 2.24) is 14.7 Å². The van der Waals surface area contributed by atoms with Gasteiger partial charge in [0.1, 0.15) is 5.65 Å². The van der Waals surface area contributed by atoms with E-state index in [1.54, 1.807) is 24.4 Å². The fraction of sp³-hybridized carbons (Fsp3) is 0.556. The van der Waals surface area contributed by atoms with Crippen molar-refractivity contribution in [2.45, 2.75) is 58.0 Å². The molecule has 1 aliphatic carbocycles. The van der Waals surface area contributed by atoms with Crippen LogP contribution in [-0.2, 0) is 6.54 Å². The van der Waals surface area contributed by atoms with Crippen LogP contribution in [0.1, 0.15) is 51.1 Å². The maximum absolute atomic E-state index is 12.2.